The molecule has 6 nitrogen and oxygen atoms in total. The number of aryl methyl sites for hydroxylation is 1. The van der Waals surface area contributed by atoms with Crippen molar-refractivity contribution in [3.8, 4) is 5.75 Å². The fourth-order valence-electron chi connectivity index (χ4n) is 2.77. The van der Waals surface area contributed by atoms with E-state index in [4.69, 9.17) is 9.47 Å². The molecule has 4 rings (SSSR count). The Morgan fingerprint density at radius 2 is 2.42 bits per heavy atom. The largest absolute Gasteiger partial charge is 0.491 e. The quantitative estimate of drug-likeness (QED) is 0.744. The number of hydrogen-bond acceptors (Lipinski definition) is 6. The van der Waals surface area contributed by atoms with Crippen LogP contribution in [0.2, 0.25) is 0 Å². The van der Waals surface area contributed by atoms with E-state index in [1.54, 1.807) is 11.3 Å². The van der Waals surface area contributed by atoms with Crippen LogP contribution in [0.25, 0.3) is 4.96 Å². The number of nitrogens with zero attached hydrogens (tertiary/aromatic N) is 3. The number of anilines is 1. The summed E-state index contributed by atoms with van der Waals surface area (Å²) < 4.78 is 13.2. The third-order valence-corrected chi connectivity index (χ3v) is 4.85. The van der Waals surface area contributed by atoms with Crippen molar-refractivity contribution in [1.29, 1.82) is 0 Å². The molecule has 0 radical (unpaired) electrons. The number of fused-ring (bicyclic) bond motifs is 1. The van der Waals surface area contributed by atoms with Gasteiger partial charge in [0.1, 0.15) is 12.4 Å². The zero-order valence-electron chi connectivity index (χ0n) is 13.6. The van der Waals surface area contributed by atoms with E-state index in [-0.39, 0.29) is 6.10 Å². The summed E-state index contributed by atoms with van der Waals surface area (Å²) >= 11 is 1.55. The van der Waals surface area contributed by atoms with E-state index in [0.29, 0.717) is 13.2 Å². The second kappa shape index (κ2) is 6.78. The van der Waals surface area contributed by atoms with Crippen LogP contribution in [0.5, 0.6) is 5.75 Å². The summed E-state index contributed by atoms with van der Waals surface area (Å²) in [4.78, 5) is 5.32. The predicted octanol–water partition coefficient (Wildman–Crippen LogP) is 3.27. The molecule has 0 amide bonds. The maximum atomic E-state index is 5.85. The van der Waals surface area contributed by atoms with Gasteiger partial charge in [-0.1, -0.05) is 23.5 Å². The van der Waals surface area contributed by atoms with Crippen LogP contribution in [0.3, 0.4) is 0 Å². The average Bonchev–Trinajstić information content (AvgIpc) is 3.27. The van der Waals surface area contributed by atoms with Crippen LogP contribution in [-0.4, -0.2) is 33.9 Å². The van der Waals surface area contributed by atoms with Gasteiger partial charge in [-0.05, 0) is 37.5 Å². The van der Waals surface area contributed by atoms with E-state index >= 15 is 0 Å². The van der Waals surface area contributed by atoms with Crippen molar-refractivity contribution < 1.29 is 9.47 Å². The molecule has 2 aromatic heterocycles. The minimum atomic E-state index is 0.238. The highest BCUT2D eigenvalue weighted by molar-refractivity contribution is 7.20. The summed E-state index contributed by atoms with van der Waals surface area (Å²) in [5.74, 6) is 0.884. The lowest BCUT2D eigenvalue weighted by Crippen LogP contribution is -2.16. The Hall–Kier alpha value is -2.12. The van der Waals surface area contributed by atoms with Gasteiger partial charge in [-0.25, -0.2) is 9.50 Å². The maximum absolute atomic E-state index is 5.85. The van der Waals surface area contributed by atoms with E-state index < -0.39 is 0 Å². The van der Waals surface area contributed by atoms with Crippen molar-refractivity contribution in [2.24, 2.45) is 0 Å². The lowest BCUT2D eigenvalue weighted by molar-refractivity contribution is 0.0679. The van der Waals surface area contributed by atoms with E-state index in [9.17, 15) is 0 Å². The number of hydrogen-bond donors (Lipinski definition) is 1. The van der Waals surface area contributed by atoms with E-state index in [1.807, 2.05) is 29.8 Å². The van der Waals surface area contributed by atoms with Crippen LogP contribution in [0.1, 0.15) is 24.1 Å². The van der Waals surface area contributed by atoms with Gasteiger partial charge in [-0.2, -0.15) is 0 Å². The standard InChI is InChI=1S/C17H20N4O2S/c1-12-10-21-17(19-12)24-16(20-21)18-9-13-4-2-5-14(8-13)23-11-15-6-3-7-22-15/h2,4-5,8,10,15H,3,6-7,9,11H2,1H3,(H,18,20)/t15-/m1/s1. The first-order chi connectivity index (χ1) is 11.8. The van der Waals surface area contributed by atoms with Gasteiger partial charge in [0.2, 0.25) is 10.1 Å². The molecule has 3 heterocycles. The fourth-order valence-corrected chi connectivity index (χ4v) is 3.59. The molecule has 0 spiro atoms. The average molecular weight is 344 g/mol. The third-order valence-electron chi connectivity index (χ3n) is 3.97. The molecular weight excluding hydrogens is 324 g/mol. The van der Waals surface area contributed by atoms with Gasteiger partial charge in [-0.3, -0.25) is 0 Å². The van der Waals surface area contributed by atoms with Crippen LogP contribution in [0, 0.1) is 6.92 Å². The summed E-state index contributed by atoms with van der Waals surface area (Å²) in [5, 5.41) is 8.68. The smallest absolute Gasteiger partial charge is 0.214 e. The Balaban J connectivity index is 1.35. The summed E-state index contributed by atoms with van der Waals surface area (Å²) in [6.07, 6.45) is 4.39. The van der Waals surface area contributed by atoms with E-state index in [0.717, 1.165) is 46.5 Å². The van der Waals surface area contributed by atoms with Crippen LogP contribution >= 0.6 is 11.3 Å². The summed E-state index contributed by atoms with van der Waals surface area (Å²) in [6.45, 7) is 4.15. The van der Waals surface area contributed by atoms with Gasteiger partial charge >= 0.3 is 0 Å². The molecule has 24 heavy (non-hydrogen) atoms. The van der Waals surface area contributed by atoms with Crippen LogP contribution < -0.4 is 10.1 Å². The summed E-state index contributed by atoms with van der Waals surface area (Å²) in [6, 6.07) is 8.14. The topological polar surface area (TPSA) is 60.7 Å². The second-order valence-electron chi connectivity index (χ2n) is 5.96. The van der Waals surface area contributed by atoms with Crippen molar-refractivity contribution in [3.05, 3.63) is 41.7 Å². The van der Waals surface area contributed by atoms with Gasteiger partial charge in [0.25, 0.3) is 0 Å². The van der Waals surface area contributed by atoms with E-state index in [1.165, 1.54) is 0 Å². The molecule has 0 saturated carbocycles. The van der Waals surface area contributed by atoms with Gasteiger partial charge in [0.05, 0.1) is 18.0 Å². The molecule has 1 N–H and O–H groups in total. The molecule has 1 atom stereocenters. The van der Waals surface area contributed by atoms with E-state index in [2.05, 4.69) is 27.5 Å². The van der Waals surface area contributed by atoms with Gasteiger partial charge in [-0.15, -0.1) is 5.10 Å². The lowest BCUT2D eigenvalue weighted by atomic mass is 10.2. The highest BCUT2D eigenvalue weighted by Gasteiger charge is 2.16. The number of nitrogens with one attached hydrogen (secondary N) is 1. The first-order valence-electron chi connectivity index (χ1n) is 8.16. The number of imidazole rings is 1. The highest BCUT2D eigenvalue weighted by Crippen LogP contribution is 2.21. The monoisotopic (exact) mass is 344 g/mol. The Morgan fingerprint density at radius 1 is 1.46 bits per heavy atom. The molecule has 0 unspecified atom stereocenters. The normalized spacial score (nSPS) is 17.5. The molecule has 1 aromatic carbocycles. The molecule has 0 bridgehead atoms. The van der Waals surface area contributed by atoms with Crippen LogP contribution in [0.15, 0.2) is 30.5 Å². The van der Waals surface area contributed by atoms with Crippen molar-refractivity contribution in [3.63, 3.8) is 0 Å². The molecule has 3 aromatic rings. The Labute approximate surface area is 144 Å². The molecule has 1 aliphatic rings. The summed E-state index contributed by atoms with van der Waals surface area (Å²) in [5.41, 5.74) is 2.14. The highest BCUT2D eigenvalue weighted by atomic mass is 32.1. The minimum Gasteiger partial charge on any atom is -0.491 e. The number of rotatable bonds is 6. The zero-order valence-corrected chi connectivity index (χ0v) is 14.4. The minimum absolute atomic E-state index is 0.238. The molecule has 1 aliphatic heterocycles. The number of ether oxygens (including phenoxy) is 2. The second-order valence-corrected chi connectivity index (χ2v) is 6.92. The van der Waals surface area contributed by atoms with Crippen molar-refractivity contribution in [1.82, 2.24) is 14.6 Å². The lowest BCUT2D eigenvalue weighted by Gasteiger charge is -2.12. The molecule has 1 saturated heterocycles. The van der Waals surface area contributed by atoms with Gasteiger partial charge in [0.15, 0.2) is 0 Å². The van der Waals surface area contributed by atoms with Crippen molar-refractivity contribution in [2.75, 3.05) is 18.5 Å². The molecule has 7 heteroatoms. The number of aromatic nitrogens is 3. The van der Waals surface area contributed by atoms with Gasteiger partial charge < -0.3 is 14.8 Å². The van der Waals surface area contributed by atoms with Crippen LogP contribution in [0.4, 0.5) is 5.13 Å². The third kappa shape index (κ3) is 3.52. The molecule has 126 valence electrons. The van der Waals surface area contributed by atoms with Crippen molar-refractivity contribution in [2.45, 2.75) is 32.4 Å². The SMILES string of the molecule is Cc1cn2nc(NCc3cccc(OC[C@H]4CCCO4)c3)sc2n1. The zero-order chi connectivity index (χ0) is 16.4. The molecular formula is C17H20N4O2S. The number of benzene rings is 1. The first kappa shape index (κ1) is 15.4. The predicted molar refractivity (Wildman–Crippen MR) is 93.8 cm³/mol. The summed E-state index contributed by atoms with van der Waals surface area (Å²) in [7, 11) is 0. The van der Waals surface area contributed by atoms with Gasteiger partial charge in [0, 0.05) is 13.2 Å². The Morgan fingerprint density at radius 3 is 3.25 bits per heavy atom. The van der Waals surface area contributed by atoms with Crippen LogP contribution in [-0.2, 0) is 11.3 Å². The Bertz CT molecular complexity index is 791. The Kier molecular flexibility index (Phi) is 4.36. The maximum Gasteiger partial charge on any atom is 0.214 e. The molecule has 1 fully saturated rings. The molecule has 0 aliphatic carbocycles. The van der Waals surface area contributed by atoms with Crippen molar-refractivity contribution >= 4 is 21.4 Å². The fraction of sp³-hybridized carbons (Fsp3) is 0.412. The first-order valence-corrected chi connectivity index (χ1v) is 8.98.